The van der Waals surface area contributed by atoms with Crippen LogP contribution in [0.5, 0.6) is 0 Å². The highest BCUT2D eigenvalue weighted by Crippen LogP contribution is 2.36. The lowest BCUT2D eigenvalue weighted by Crippen LogP contribution is -2.55. The van der Waals surface area contributed by atoms with Gasteiger partial charge in [-0.15, -0.1) is 11.8 Å². The number of halogens is 2. The fraction of sp³-hybridized carbons (Fsp3) is 0.868. The summed E-state index contributed by atoms with van der Waals surface area (Å²) in [6.07, 6.45) is 6.81. The lowest BCUT2D eigenvalue weighted by atomic mass is 9.74. The molecule has 3 aliphatic rings. The van der Waals surface area contributed by atoms with E-state index >= 15 is 0 Å². The lowest BCUT2D eigenvalue weighted by Gasteiger charge is -2.37. The zero-order chi connectivity index (χ0) is 35.1. The Morgan fingerprint density at radius 3 is 2.06 bits per heavy atom. The van der Waals surface area contributed by atoms with E-state index in [1.54, 1.807) is 11.9 Å². The Morgan fingerprint density at radius 2 is 1.46 bits per heavy atom. The first-order chi connectivity index (χ1) is 23.1. The van der Waals surface area contributed by atoms with Crippen LogP contribution in [0.3, 0.4) is 0 Å². The van der Waals surface area contributed by atoms with Crippen molar-refractivity contribution in [1.29, 1.82) is 0 Å². The van der Waals surface area contributed by atoms with Gasteiger partial charge in [0, 0.05) is 56.3 Å². The number of alkyl halides is 2. The van der Waals surface area contributed by atoms with Crippen LogP contribution in [0, 0.1) is 41.4 Å². The summed E-state index contributed by atoms with van der Waals surface area (Å²) in [5.41, 5.74) is 3.06. The number of nitrogens with zero attached hydrogens (tertiary/aromatic N) is 2. The zero-order valence-corrected chi connectivity index (χ0v) is 30.2. The maximum atomic E-state index is 14.5. The molecule has 0 spiro atoms. The topological polar surface area (TPSA) is 102 Å². The van der Waals surface area contributed by atoms with Gasteiger partial charge in [-0.2, -0.15) is 0 Å². The first-order valence-electron chi connectivity index (χ1n) is 19.1. The van der Waals surface area contributed by atoms with E-state index < -0.39 is 30.4 Å². The number of hydrogen-bond acceptors (Lipinski definition) is 5. The Hall–Kier alpha value is -2.25. The summed E-state index contributed by atoms with van der Waals surface area (Å²) < 4.78 is 28.9. The number of amides is 3. The van der Waals surface area contributed by atoms with Gasteiger partial charge in [0.25, 0.3) is 0 Å². The molecule has 0 bridgehead atoms. The highest BCUT2D eigenvalue weighted by atomic mass is 19.1. The van der Waals surface area contributed by atoms with Crippen LogP contribution in [-0.4, -0.2) is 83.4 Å². The van der Waals surface area contributed by atoms with Crippen molar-refractivity contribution >= 4 is 17.7 Å². The molecule has 0 aromatic rings. The summed E-state index contributed by atoms with van der Waals surface area (Å²) in [6, 6.07) is -0.765. The molecule has 3 rings (SSSR count). The quantitative estimate of drug-likeness (QED) is 0.127. The van der Waals surface area contributed by atoms with E-state index in [0.717, 1.165) is 57.8 Å². The van der Waals surface area contributed by atoms with Crippen molar-refractivity contribution in [3.05, 3.63) is 0 Å². The predicted molar refractivity (Wildman–Crippen MR) is 186 cm³/mol. The molecule has 3 saturated carbocycles. The summed E-state index contributed by atoms with van der Waals surface area (Å²) >= 11 is 0. The molecule has 48 heavy (non-hydrogen) atoms. The Morgan fingerprint density at radius 1 is 0.812 bits per heavy atom. The minimum absolute atomic E-state index is 0.0346. The summed E-state index contributed by atoms with van der Waals surface area (Å²) in [4.78, 5) is 42.8. The second-order valence-corrected chi connectivity index (χ2v) is 14.8. The van der Waals surface area contributed by atoms with Crippen LogP contribution in [-0.2, 0) is 14.4 Å². The van der Waals surface area contributed by atoms with Gasteiger partial charge in [-0.1, -0.05) is 46.5 Å². The number of aliphatic hydroxyl groups is 1. The van der Waals surface area contributed by atoms with Crippen molar-refractivity contribution < 1.29 is 28.3 Å². The zero-order valence-electron chi connectivity index (χ0n) is 30.2. The van der Waals surface area contributed by atoms with E-state index in [1.807, 2.05) is 4.90 Å². The molecule has 10 heteroatoms. The van der Waals surface area contributed by atoms with Crippen LogP contribution < -0.4 is 10.7 Å². The largest absolute Gasteiger partial charge is 0.390 e. The molecule has 3 amide bonds. The molecule has 0 heterocycles. The van der Waals surface area contributed by atoms with E-state index in [0.29, 0.717) is 38.9 Å². The van der Waals surface area contributed by atoms with Crippen LogP contribution in [0.15, 0.2) is 0 Å². The van der Waals surface area contributed by atoms with Gasteiger partial charge in [-0.05, 0) is 83.5 Å². The number of hydrogen-bond donors (Lipinski definition) is 3. The minimum atomic E-state index is -1.25. The first-order valence-corrected chi connectivity index (χ1v) is 19.1. The number of carbonyl (C=O) groups is 3. The molecule has 0 aromatic carbocycles. The van der Waals surface area contributed by atoms with E-state index in [4.69, 9.17) is 0 Å². The second kappa shape index (κ2) is 21.1. The second-order valence-electron chi connectivity index (χ2n) is 14.8. The number of carbonyl (C=O) groups excluding carboxylic acids is 3. The molecule has 0 saturated heterocycles. The predicted octanol–water partition coefficient (Wildman–Crippen LogP) is 6.12. The fourth-order valence-electron chi connectivity index (χ4n) is 8.15. The number of unbranched alkanes of at least 4 members (excludes halogenated alkanes) is 1. The van der Waals surface area contributed by atoms with Gasteiger partial charge in [-0.25, -0.2) is 13.8 Å². The van der Waals surface area contributed by atoms with Crippen molar-refractivity contribution in [1.82, 2.24) is 20.7 Å². The van der Waals surface area contributed by atoms with Crippen LogP contribution in [0.1, 0.15) is 130 Å². The third-order valence-electron chi connectivity index (χ3n) is 10.6. The molecule has 274 valence electrons. The Kier molecular flexibility index (Phi) is 17.6. The Labute approximate surface area is 288 Å². The normalized spacial score (nSPS) is 27.8. The van der Waals surface area contributed by atoms with Crippen molar-refractivity contribution in [2.24, 2.45) is 29.6 Å². The van der Waals surface area contributed by atoms with Gasteiger partial charge in [0.05, 0.1) is 12.1 Å². The highest BCUT2D eigenvalue weighted by Gasteiger charge is 2.39. The van der Waals surface area contributed by atoms with E-state index in [1.165, 1.54) is 0 Å². The van der Waals surface area contributed by atoms with Crippen molar-refractivity contribution in [2.75, 3.05) is 26.2 Å². The van der Waals surface area contributed by atoms with Crippen LogP contribution in [0.4, 0.5) is 8.78 Å². The number of nitrogens with one attached hydrogen (secondary N) is 2. The van der Waals surface area contributed by atoms with Gasteiger partial charge in [0.1, 0.15) is 12.3 Å². The average molecular weight is 679 g/mol. The number of aliphatic hydroxyl groups excluding tert-OH is 1. The van der Waals surface area contributed by atoms with Gasteiger partial charge >= 0.3 is 0 Å². The molecule has 8 nitrogen and oxygen atoms in total. The number of hydrazine groups is 1. The Bertz CT molecular complexity index is 1050. The molecule has 0 radical (unpaired) electrons. The molecule has 7 unspecified atom stereocenters. The molecule has 0 aromatic heterocycles. The average Bonchev–Trinajstić information content (AvgIpc) is 3.06. The monoisotopic (exact) mass is 678 g/mol. The number of rotatable bonds is 17. The summed E-state index contributed by atoms with van der Waals surface area (Å²) in [5, 5.41) is 16.6. The van der Waals surface area contributed by atoms with Gasteiger partial charge in [0.2, 0.25) is 17.7 Å². The van der Waals surface area contributed by atoms with Crippen LogP contribution >= 0.6 is 0 Å². The van der Waals surface area contributed by atoms with E-state index in [-0.39, 0.29) is 73.6 Å². The van der Waals surface area contributed by atoms with Crippen LogP contribution in [0.25, 0.3) is 0 Å². The minimum Gasteiger partial charge on any atom is -0.390 e. The molecule has 7 atom stereocenters. The van der Waals surface area contributed by atoms with E-state index in [9.17, 15) is 28.3 Å². The van der Waals surface area contributed by atoms with Crippen LogP contribution in [0.2, 0.25) is 0 Å². The molecule has 0 aliphatic heterocycles. The first kappa shape index (κ1) is 40.2. The SMILES string of the molecule is CC#CC1CC(C(=O)NC(CC2CC(F)CC(F)C2)C(O)CN(CCCC)NC(=O)C2CCCCC2)CC(C(=O)N(CCC)CCC)C1. The molecular weight excluding hydrogens is 614 g/mol. The van der Waals surface area contributed by atoms with Gasteiger partial charge in [0.15, 0.2) is 0 Å². The third kappa shape index (κ3) is 12.9. The Balaban J connectivity index is 1.79. The van der Waals surface area contributed by atoms with Crippen molar-refractivity contribution in [2.45, 2.75) is 155 Å². The summed E-state index contributed by atoms with van der Waals surface area (Å²) in [5.74, 6) is 4.70. The fourth-order valence-corrected chi connectivity index (χ4v) is 8.15. The molecule has 3 aliphatic carbocycles. The maximum Gasteiger partial charge on any atom is 0.237 e. The summed E-state index contributed by atoms with van der Waals surface area (Å²) in [6.45, 7) is 9.93. The highest BCUT2D eigenvalue weighted by molar-refractivity contribution is 5.83. The maximum absolute atomic E-state index is 14.5. The molecular formula is C38H64F2N4O4. The van der Waals surface area contributed by atoms with E-state index in [2.05, 4.69) is 43.4 Å². The van der Waals surface area contributed by atoms with Crippen molar-refractivity contribution in [3.8, 4) is 11.8 Å². The van der Waals surface area contributed by atoms with Gasteiger partial charge in [-0.3, -0.25) is 19.8 Å². The smallest absolute Gasteiger partial charge is 0.237 e. The third-order valence-corrected chi connectivity index (χ3v) is 10.6. The molecule has 3 fully saturated rings. The molecule has 3 N–H and O–H groups in total. The summed E-state index contributed by atoms with van der Waals surface area (Å²) in [7, 11) is 0. The lowest BCUT2D eigenvalue weighted by molar-refractivity contribution is -0.139. The standard InChI is InChI=1S/C38H64F2N4O4/c1-5-9-18-44(42-37(47)29-14-11-10-12-15-29)26-35(45)34(23-28-21-32(39)25-33(40)22-28)41-36(46)30-19-27(13-6-2)20-31(24-30)38(48)43(16-7-3)17-8-4/h27-35,45H,5,7-12,14-26H2,1-4H3,(H,41,46)(H,42,47). The van der Waals surface area contributed by atoms with Crippen molar-refractivity contribution in [3.63, 3.8) is 0 Å². The van der Waals surface area contributed by atoms with Gasteiger partial charge < -0.3 is 15.3 Å².